The molecule has 6 atom stereocenters. The number of methoxy groups -OCH3 is 3. The van der Waals surface area contributed by atoms with E-state index in [1.807, 2.05) is 0 Å². The number of hydrogen-bond donors (Lipinski definition) is 1. The van der Waals surface area contributed by atoms with Crippen molar-refractivity contribution in [2.75, 3.05) is 27.9 Å². The number of esters is 2. The van der Waals surface area contributed by atoms with Gasteiger partial charge in [-0.2, -0.15) is 0 Å². The lowest BCUT2D eigenvalue weighted by molar-refractivity contribution is -0.181. The van der Waals surface area contributed by atoms with Crippen LogP contribution < -0.4 is 5.32 Å². The lowest BCUT2D eigenvalue weighted by Crippen LogP contribution is -2.74. The molecule has 9 nitrogen and oxygen atoms in total. The van der Waals surface area contributed by atoms with Crippen LogP contribution >= 0.6 is 0 Å². The van der Waals surface area contributed by atoms with E-state index in [4.69, 9.17) is 18.6 Å². The van der Waals surface area contributed by atoms with E-state index in [1.165, 1.54) is 21.3 Å². The molecular weight excluding hydrogens is 444 g/mol. The van der Waals surface area contributed by atoms with Gasteiger partial charge < -0.3 is 23.5 Å². The summed E-state index contributed by atoms with van der Waals surface area (Å²) in [6, 6.07) is -1.06. The van der Waals surface area contributed by atoms with Crippen LogP contribution in [0, 0.1) is 5.92 Å². The van der Waals surface area contributed by atoms with Crippen LogP contribution in [0.1, 0.15) is 34.1 Å². The highest BCUT2D eigenvalue weighted by molar-refractivity contribution is 6.74. The minimum Gasteiger partial charge on any atom is -0.469 e. The molecule has 1 amide bonds. The van der Waals surface area contributed by atoms with Crippen LogP contribution in [0.5, 0.6) is 0 Å². The molecule has 0 unspecified atom stereocenters. The molecule has 2 aliphatic heterocycles. The Morgan fingerprint density at radius 2 is 1.88 bits per heavy atom. The van der Waals surface area contributed by atoms with Crippen LogP contribution in [0.4, 0.5) is 0 Å². The third-order valence-corrected chi connectivity index (χ3v) is 11.9. The predicted octanol–water partition coefficient (Wildman–Crippen LogP) is 1.87. The van der Waals surface area contributed by atoms with Gasteiger partial charge in [0.1, 0.15) is 5.54 Å². The number of ether oxygens (including phenoxy) is 3. The van der Waals surface area contributed by atoms with E-state index in [1.54, 1.807) is 17.9 Å². The fraction of sp³-hybridized carbons (Fsp3) is 0.783. The fourth-order valence-electron chi connectivity index (χ4n) is 4.50. The maximum atomic E-state index is 12.9. The van der Waals surface area contributed by atoms with Crippen LogP contribution in [0.2, 0.25) is 18.1 Å². The zero-order valence-electron chi connectivity index (χ0n) is 21.4. The number of hydrogen-bond acceptors (Lipinski definition) is 8. The number of nitrogens with one attached hydrogen (secondary N) is 1. The summed E-state index contributed by atoms with van der Waals surface area (Å²) in [6.45, 7) is 16.4. The van der Waals surface area contributed by atoms with Gasteiger partial charge in [0.25, 0.3) is 5.91 Å². The lowest BCUT2D eigenvalue weighted by atomic mass is 9.83. The summed E-state index contributed by atoms with van der Waals surface area (Å²) in [6.07, 6.45) is 0.501. The van der Waals surface area contributed by atoms with Crippen molar-refractivity contribution in [1.82, 2.24) is 10.2 Å². The number of amides is 1. The molecular formula is C23H40N2O7Si. The van der Waals surface area contributed by atoms with E-state index < -0.39 is 56.0 Å². The topological polar surface area (TPSA) is 103 Å². The maximum absolute atomic E-state index is 12.9. The van der Waals surface area contributed by atoms with Crippen LogP contribution in [0.3, 0.4) is 0 Å². The summed E-state index contributed by atoms with van der Waals surface area (Å²) in [5.41, 5.74) is -1.10. The van der Waals surface area contributed by atoms with E-state index in [-0.39, 0.29) is 17.4 Å². The van der Waals surface area contributed by atoms with Gasteiger partial charge >= 0.3 is 11.9 Å². The van der Waals surface area contributed by atoms with Crippen molar-refractivity contribution >= 4 is 26.2 Å². The van der Waals surface area contributed by atoms with E-state index >= 15 is 0 Å². The number of nitrogens with zero attached hydrogens (tertiary/aromatic N) is 1. The van der Waals surface area contributed by atoms with Gasteiger partial charge in [0.2, 0.25) is 0 Å². The number of likely N-dealkylation sites (tertiary alicyclic amines) is 1. The SMILES string of the molecule is C=CCN1C(=O)[C@H](OC)[C@@H]1[C@H](O[Si](C)(C)C(C)(C)C)[C@@H]1N[C@](C)(C(=O)OC)C[C@@H]1C(=O)OC. The molecule has 2 heterocycles. The molecule has 0 aromatic heterocycles. The highest BCUT2D eigenvalue weighted by Gasteiger charge is 2.61. The minimum absolute atomic E-state index is 0.129. The average Bonchev–Trinajstić information content (AvgIpc) is 3.11. The van der Waals surface area contributed by atoms with Gasteiger partial charge in [-0.25, -0.2) is 0 Å². The van der Waals surface area contributed by atoms with Crippen LogP contribution in [0.15, 0.2) is 12.7 Å². The minimum atomic E-state index is -2.38. The second kappa shape index (κ2) is 9.85. The van der Waals surface area contributed by atoms with Crippen LogP contribution in [-0.2, 0) is 33.0 Å². The standard InChI is InChI=1S/C23H40N2O7Si/c1-11-12-25-16(18(29-6)19(25)26)17(32-33(9,10)22(2,3)4)15-14(20(27)30-7)13-23(5,24-15)21(28)31-8/h11,14-18,24H,1,12-13H2,2-10H3/t14-,15+,16-,17+,18+,23-/m0/s1. The molecule has 2 saturated heterocycles. The summed E-state index contributed by atoms with van der Waals surface area (Å²) < 4.78 is 22.5. The molecule has 2 fully saturated rings. The zero-order chi connectivity index (χ0) is 25.4. The molecule has 2 aliphatic rings. The Morgan fingerprint density at radius 3 is 2.33 bits per heavy atom. The third kappa shape index (κ3) is 5.03. The van der Waals surface area contributed by atoms with Gasteiger partial charge in [0.05, 0.1) is 32.3 Å². The number of carbonyl (C=O) groups excluding carboxylic acids is 3. The number of β-lactam (4-membered cyclic amide) rings is 1. The molecule has 10 heteroatoms. The third-order valence-electron chi connectivity index (χ3n) is 7.39. The van der Waals surface area contributed by atoms with Crippen LogP contribution in [0.25, 0.3) is 0 Å². The quantitative estimate of drug-likeness (QED) is 0.229. The molecule has 0 radical (unpaired) electrons. The summed E-state index contributed by atoms with van der Waals surface area (Å²) >= 11 is 0. The molecule has 1 N–H and O–H groups in total. The van der Waals surface area contributed by atoms with Crippen molar-refractivity contribution in [1.29, 1.82) is 0 Å². The highest BCUT2D eigenvalue weighted by Crippen LogP contribution is 2.43. The average molecular weight is 485 g/mol. The second-order valence-corrected chi connectivity index (χ2v) is 15.4. The van der Waals surface area contributed by atoms with E-state index in [0.717, 1.165) is 0 Å². The maximum Gasteiger partial charge on any atom is 0.325 e. The van der Waals surface area contributed by atoms with Crippen molar-refractivity contribution in [3.05, 3.63) is 12.7 Å². The van der Waals surface area contributed by atoms with Gasteiger partial charge in [-0.05, 0) is 31.5 Å². The molecule has 0 aromatic carbocycles. The molecule has 188 valence electrons. The van der Waals surface area contributed by atoms with Crippen molar-refractivity contribution in [2.24, 2.45) is 5.92 Å². The van der Waals surface area contributed by atoms with Gasteiger partial charge in [0.15, 0.2) is 14.4 Å². The predicted molar refractivity (Wildman–Crippen MR) is 126 cm³/mol. The Labute approximate surface area is 198 Å². The summed E-state index contributed by atoms with van der Waals surface area (Å²) in [5.74, 6) is -1.75. The van der Waals surface area contributed by atoms with E-state index in [9.17, 15) is 14.4 Å². The normalized spacial score (nSPS) is 31.1. The molecule has 33 heavy (non-hydrogen) atoms. The first-order valence-corrected chi connectivity index (χ1v) is 14.2. The van der Waals surface area contributed by atoms with Gasteiger partial charge in [0, 0.05) is 19.7 Å². The van der Waals surface area contributed by atoms with Crippen molar-refractivity contribution in [3.8, 4) is 0 Å². The summed E-state index contributed by atoms with van der Waals surface area (Å²) in [4.78, 5) is 39.9. The molecule has 0 aromatic rings. The van der Waals surface area contributed by atoms with Crippen molar-refractivity contribution in [2.45, 2.75) is 82.1 Å². The summed E-state index contributed by atoms with van der Waals surface area (Å²) in [5, 5.41) is 3.20. The Bertz CT molecular complexity index is 781. The Balaban J connectivity index is 2.59. The number of carbonyl (C=O) groups is 3. The largest absolute Gasteiger partial charge is 0.469 e. The van der Waals surface area contributed by atoms with Gasteiger partial charge in [-0.1, -0.05) is 26.8 Å². The molecule has 0 spiro atoms. The highest BCUT2D eigenvalue weighted by atomic mass is 28.4. The summed E-state index contributed by atoms with van der Waals surface area (Å²) in [7, 11) is 1.75. The zero-order valence-corrected chi connectivity index (χ0v) is 22.4. The molecule has 0 saturated carbocycles. The Morgan fingerprint density at radius 1 is 1.27 bits per heavy atom. The monoisotopic (exact) mass is 484 g/mol. The molecule has 2 rings (SSSR count). The molecule has 0 bridgehead atoms. The fourth-order valence-corrected chi connectivity index (χ4v) is 5.82. The van der Waals surface area contributed by atoms with Crippen molar-refractivity contribution in [3.63, 3.8) is 0 Å². The lowest BCUT2D eigenvalue weighted by Gasteiger charge is -2.53. The number of rotatable bonds is 9. The van der Waals surface area contributed by atoms with E-state index in [2.05, 4.69) is 45.8 Å². The first-order chi connectivity index (χ1) is 15.2. The molecule has 0 aliphatic carbocycles. The second-order valence-electron chi connectivity index (χ2n) is 10.6. The van der Waals surface area contributed by atoms with E-state index in [0.29, 0.717) is 6.54 Å². The first kappa shape index (κ1) is 27.5. The first-order valence-electron chi connectivity index (χ1n) is 11.2. The van der Waals surface area contributed by atoms with Gasteiger partial charge in [-0.15, -0.1) is 6.58 Å². The Hall–Kier alpha value is -1.75. The van der Waals surface area contributed by atoms with Crippen LogP contribution in [-0.4, -0.2) is 88.8 Å². The Kier molecular flexibility index (Phi) is 8.21. The van der Waals surface area contributed by atoms with Gasteiger partial charge in [-0.3, -0.25) is 19.7 Å². The van der Waals surface area contributed by atoms with Crippen molar-refractivity contribution < 1.29 is 33.0 Å². The smallest absolute Gasteiger partial charge is 0.325 e.